The zero-order valence-corrected chi connectivity index (χ0v) is 25.0. The van der Waals surface area contributed by atoms with Crippen LogP contribution in [-0.4, -0.2) is 41.0 Å². The lowest BCUT2D eigenvalue weighted by atomic mass is 9.96. The highest BCUT2D eigenvalue weighted by atomic mass is 32.2. The van der Waals surface area contributed by atoms with Crippen molar-refractivity contribution in [2.24, 2.45) is 0 Å². The van der Waals surface area contributed by atoms with Crippen LogP contribution in [0.3, 0.4) is 0 Å². The van der Waals surface area contributed by atoms with Gasteiger partial charge in [0.05, 0.1) is 26.0 Å². The maximum atomic E-state index is 15.3. The predicted octanol–water partition coefficient (Wildman–Crippen LogP) is 7.04. The largest absolute Gasteiger partial charge is 0.496 e. The van der Waals surface area contributed by atoms with Gasteiger partial charge in [0.1, 0.15) is 18.2 Å². The maximum absolute atomic E-state index is 15.3. The Bertz CT molecular complexity index is 1840. The van der Waals surface area contributed by atoms with Gasteiger partial charge >= 0.3 is 22.2 Å². The van der Waals surface area contributed by atoms with Gasteiger partial charge in [-0.3, -0.25) is 4.79 Å². The van der Waals surface area contributed by atoms with Gasteiger partial charge in [0.2, 0.25) is 0 Å². The molecule has 45 heavy (non-hydrogen) atoms. The molecule has 0 aliphatic carbocycles. The number of amides is 1. The van der Waals surface area contributed by atoms with Gasteiger partial charge in [-0.05, 0) is 54.4 Å². The molecule has 4 aromatic carbocycles. The summed E-state index contributed by atoms with van der Waals surface area (Å²) in [4.78, 5) is 11.3. The first-order chi connectivity index (χ1) is 21.1. The number of carbonyl (C=O) groups is 1. The number of alkyl halides is 3. The van der Waals surface area contributed by atoms with Gasteiger partial charge in [0.25, 0.3) is 0 Å². The second-order valence-electron chi connectivity index (χ2n) is 9.72. The van der Waals surface area contributed by atoms with E-state index in [0.29, 0.717) is 6.07 Å². The van der Waals surface area contributed by atoms with Gasteiger partial charge in [0.15, 0.2) is 23.1 Å². The number of ether oxygens (including phenoxy) is 3. The second-order valence-corrected chi connectivity index (χ2v) is 11.3. The zero-order valence-electron chi connectivity index (χ0n) is 24.2. The number of halogens is 5. The fourth-order valence-electron chi connectivity index (χ4n) is 4.32. The predicted molar refractivity (Wildman–Crippen MR) is 156 cm³/mol. The third kappa shape index (κ3) is 7.81. The zero-order chi connectivity index (χ0) is 33.1. The molecule has 0 saturated carbocycles. The molecule has 8 nitrogen and oxygen atoms in total. The van der Waals surface area contributed by atoms with Gasteiger partial charge < -0.3 is 23.7 Å². The molecule has 0 spiro atoms. The minimum absolute atomic E-state index is 0.0676. The number of rotatable bonds is 10. The molecule has 4 aromatic rings. The lowest BCUT2D eigenvalue weighted by Crippen LogP contribution is -2.29. The van der Waals surface area contributed by atoms with Crippen LogP contribution in [-0.2, 0) is 21.5 Å². The molecule has 0 radical (unpaired) electrons. The van der Waals surface area contributed by atoms with E-state index in [1.165, 1.54) is 25.3 Å². The van der Waals surface area contributed by atoms with Crippen molar-refractivity contribution >= 4 is 21.7 Å². The Hall–Kier alpha value is -4.85. The summed E-state index contributed by atoms with van der Waals surface area (Å²) in [5, 5.41) is 1.55. The van der Waals surface area contributed by atoms with E-state index >= 15 is 8.78 Å². The third-order valence-corrected chi connectivity index (χ3v) is 6.84. The monoisotopic (exact) mass is 651 g/mol. The summed E-state index contributed by atoms with van der Waals surface area (Å²) in [7, 11) is -1.91. The van der Waals surface area contributed by atoms with Crippen molar-refractivity contribution in [3.8, 4) is 45.3 Å². The number of hydrogen-bond donors (Lipinski definition) is 1. The van der Waals surface area contributed by atoms with E-state index in [1.54, 1.807) is 5.32 Å². The molecule has 0 heterocycles. The summed E-state index contributed by atoms with van der Waals surface area (Å²) in [6, 6.07) is 15.2. The summed E-state index contributed by atoms with van der Waals surface area (Å²) in [5.41, 5.74) is 0.980. The number of carbonyl (C=O) groups excluding carboxylic acids is 1. The second kappa shape index (κ2) is 13.0. The van der Waals surface area contributed by atoms with Crippen molar-refractivity contribution in [2.75, 3.05) is 25.8 Å². The van der Waals surface area contributed by atoms with Crippen LogP contribution in [0.5, 0.6) is 23.0 Å². The highest BCUT2D eigenvalue weighted by Gasteiger charge is 2.38. The number of anilines is 1. The van der Waals surface area contributed by atoms with Crippen molar-refractivity contribution in [2.45, 2.75) is 19.7 Å². The van der Waals surface area contributed by atoms with Crippen LogP contribution in [0.1, 0.15) is 11.1 Å². The Morgan fingerprint density at radius 3 is 2.07 bits per heavy atom. The minimum atomic E-state index is -5.20. The summed E-state index contributed by atoms with van der Waals surface area (Å²) in [5.74, 6) is -5.18. The van der Waals surface area contributed by atoms with Gasteiger partial charge in [-0.25, -0.2) is 8.78 Å². The van der Waals surface area contributed by atoms with Gasteiger partial charge in [0, 0.05) is 16.8 Å². The maximum Gasteiger partial charge on any atom is 0.471 e. The van der Waals surface area contributed by atoms with Crippen LogP contribution in [0.25, 0.3) is 22.3 Å². The Balaban J connectivity index is 1.81. The molecule has 0 atom stereocenters. The van der Waals surface area contributed by atoms with E-state index in [2.05, 4.69) is 0 Å². The normalized spacial score (nSPS) is 11.6. The lowest BCUT2D eigenvalue weighted by molar-refractivity contribution is -0.167. The van der Waals surface area contributed by atoms with Crippen molar-refractivity contribution in [1.29, 1.82) is 0 Å². The van der Waals surface area contributed by atoms with E-state index in [1.807, 2.05) is 31.2 Å². The van der Waals surface area contributed by atoms with Crippen LogP contribution >= 0.6 is 0 Å². The lowest BCUT2D eigenvalue weighted by Gasteiger charge is -2.21. The molecule has 14 heteroatoms. The Kier molecular flexibility index (Phi) is 9.56. The highest BCUT2D eigenvalue weighted by Crippen LogP contribution is 2.51. The fraction of sp³-hybridized carbons (Fsp3) is 0.194. The SMILES string of the molecule is COc1cc(-c2ccc(NC(=O)C(F)(F)F)cc2F)c(OC)c(OS(C)(=O)=O)c1-c1ccc(OCc2ccc(C)cc2)c(F)c1. The van der Waals surface area contributed by atoms with Crippen LogP contribution in [0, 0.1) is 18.6 Å². The first-order valence-corrected chi connectivity index (χ1v) is 14.8. The Morgan fingerprint density at radius 1 is 0.822 bits per heavy atom. The van der Waals surface area contributed by atoms with E-state index in [0.717, 1.165) is 42.7 Å². The summed E-state index contributed by atoms with van der Waals surface area (Å²) < 4.78 is 115. The van der Waals surface area contributed by atoms with Crippen molar-refractivity contribution < 1.29 is 53.6 Å². The molecule has 0 aromatic heterocycles. The molecular weight excluding hydrogens is 625 g/mol. The van der Waals surface area contributed by atoms with E-state index < -0.39 is 45.3 Å². The molecule has 0 fully saturated rings. The van der Waals surface area contributed by atoms with Crippen LogP contribution in [0.4, 0.5) is 27.6 Å². The average molecular weight is 652 g/mol. The topological polar surface area (TPSA) is 100 Å². The Morgan fingerprint density at radius 2 is 1.51 bits per heavy atom. The molecule has 0 bridgehead atoms. The molecule has 0 aliphatic heterocycles. The van der Waals surface area contributed by atoms with E-state index in [9.17, 15) is 26.4 Å². The van der Waals surface area contributed by atoms with Crippen molar-refractivity contribution in [3.63, 3.8) is 0 Å². The summed E-state index contributed by atoms with van der Waals surface area (Å²) in [6.45, 7) is 2.01. The Labute approximate surface area is 255 Å². The third-order valence-electron chi connectivity index (χ3n) is 6.37. The van der Waals surface area contributed by atoms with Crippen LogP contribution in [0.15, 0.2) is 66.7 Å². The van der Waals surface area contributed by atoms with Gasteiger partial charge in [-0.15, -0.1) is 0 Å². The molecule has 0 saturated heterocycles. The summed E-state index contributed by atoms with van der Waals surface area (Å²) >= 11 is 0. The number of aryl methyl sites for hydroxylation is 1. The van der Waals surface area contributed by atoms with Gasteiger partial charge in [-0.2, -0.15) is 21.6 Å². The van der Waals surface area contributed by atoms with E-state index in [4.69, 9.17) is 18.4 Å². The minimum Gasteiger partial charge on any atom is -0.496 e. The molecule has 4 rings (SSSR count). The average Bonchev–Trinajstić information content (AvgIpc) is 2.95. The quantitative estimate of drug-likeness (QED) is 0.145. The molecule has 1 N–H and O–H groups in total. The van der Waals surface area contributed by atoms with Crippen LogP contribution in [0.2, 0.25) is 0 Å². The highest BCUT2D eigenvalue weighted by molar-refractivity contribution is 7.86. The number of hydrogen-bond acceptors (Lipinski definition) is 7. The smallest absolute Gasteiger partial charge is 0.471 e. The van der Waals surface area contributed by atoms with Crippen molar-refractivity contribution in [1.82, 2.24) is 0 Å². The number of benzene rings is 4. The number of nitrogens with one attached hydrogen (secondary N) is 1. The van der Waals surface area contributed by atoms with Crippen molar-refractivity contribution in [3.05, 3.63) is 89.5 Å². The number of methoxy groups -OCH3 is 2. The molecule has 0 unspecified atom stereocenters. The molecule has 0 aliphatic rings. The van der Waals surface area contributed by atoms with E-state index in [-0.39, 0.29) is 46.1 Å². The molecule has 1 amide bonds. The van der Waals surface area contributed by atoms with Crippen LogP contribution < -0.4 is 23.7 Å². The first-order valence-electron chi connectivity index (χ1n) is 13.0. The van der Waals surface area contributed by atoms with Gasteiger partial charge in [-0.1, -0.05) is 35.9 Å². The molecule has 238 valence electrons. The standard InChI is InChI=1S/C31H26F5NO7S/c1-17-5-7-18(8-6-17)16-43-25-12-9-19(13-24(25)33)27-26(41-2)15-22(28(42-3)29(27)44-45(4,39)40)21-11-10-20(14-23(21)32)37-30(38)31(34,35)36/h5-15H,16H2,1-4H3,(H,37,38). The molecular formula is C31H26F5NO7S. The summed E-state index contributed by atoms with van der Waals surface area (Å²) in [6.07, 6.45) is -4.46. The first kappa shape index (κ1) is 33.1. The fourth-order valence-corrected chi connectivity index (χ4v) is 4.78.